The summed E-state index contributed by atoms with van der Waals surface area (Å²) in [5.74, 6) is 0.00643. The van der Waals surface area contributed by atoms with Crippen LogP contribution in [0.5, 0.6) is 0 Å². The highest BCUT2D eigenvalue weighted by Crippen LogP contribution is 2.23. The Labute approximate surface area is 116 Å². The van der Waals surface area contributed by atoms with Crippen molar-refractivity contribution < 1.29 is 9.90 Å². The van der Waals surface area contributed by atoms with Gasteiger partial charge in [-0.15, -0.1) is 0 Å². The van der Waals surface area contributed by atoms with Crippen molar-refractivity contribution in [3.8, 4) is 0 Å². The summed E-state index contributed by atoms with van der Waals surface area (Å²) in [4.78, 5) is 23.4. The average Bonchev–Trinajstić information content (AvgIpc) is 2.71. The van der Waals surface area contributed by atoms with Crippen LogP contribution in [-0.4, -0.2) is 28.2 Å². The number of aliphatic hydroxyl groups excluding tert-OH is 1. The minimum atomic E-state index is -0.144. The monoisotopic (exact) mass is 284 g/mol. The molecule has 0 spiro atoms. The maximum absolute atomic E-state index is 12.0. The number of nitrogens with one attached hydrogen (secondary N) is 1. The van der Waals surface area contributed by atoms with Gasteiger partial charge in [0.05, 0.1) is 0 Å². The Morgan fingerprint density at radius 2 is 2.26 bits per heavy atom. The summed E-state index contributed by atoms with van der Waals surface area (Å²) in [7, 11) is 0. The summed E-state index contributed by atoms with van der Waals surface area (Å²) >= 11 is 1.11. The lowest BCUT2D eigenvalue weighted by atomic mass is 9.85. The van der Waals surface area contributed by atoms with Crippen molar-refractivity contribution >= 4 is 17.2 Å². The largest absolute Gasteiger partial charge is 0.396 e. The van der Waals surface area contributed by atoms with Crippen molar-refractivity contribution in [3.63, 3.8) is 0 Å². The standard InChI is InChI=1S/C13H20N2O3S/c1-9-8-19-13(18)15(9)6-12(17)14-11-5-3-2-4-10(11)7-16/h8,10-11,16H,2-7H2,1H3,(H,14,17). The quantitative estimate of drug-likeness (QED) is 0.862. The minimum Gasteiger partial charge on any atom is -0.396 e. The molecule has 5 nitrogen and oxygen atoms in total. The van der Waals surface area contributed by atoms with Crippen LogP contribution in [0.25, 0.3) is 0 Å². The maximum atomic E-state index is 12.0. The molecule has 1 aliphatic carbocycles. The first-order chi connectivity index (χ1) is 9.11. The zero-order chi connectivity index (χ0) is 13.8. The molecule has 0 bridgehead atoms. The third-order valence-electron chi connectivity index (χ3n) is 3.77. The van der Waals surface area contributed by atoms with Crippen LogP contribution in [0.1, 0.15) is 31.4 Å². The van der Waals surface area contributed by atoms with E-state index < -0.39 is 0 Å². The number of hydrogen-bond donors (Lipinski definition) is 2. The van der Waals surface area contributed by atoms with E-state index in [1.165, 1.54) is 4.57 Å². The zero-order valence-electron chi connectivity index (χ0n) is 11.1. The molecule has 0 saturated heterocycles. The van der Waals surface area contributed by atoms with Gasteiger partial charge >= 0.3 is 4.87 Å². The van der Waals surface area contributed by atoms with Crippen molar-refractivity contribution in [1.29, 1.82) is 0 Å². The van der Waals surface area contributed by atoms with Gasteiger partial charge in [0.2, 0.25) is 5.91 Å². The topological polar surface area (TPSA) is 71.3 Å². The second-order valence-electron chi connectivity index (χ2n) is 5.13. The summed E-state index contributed by atoms with van der Waals surface area (Å²) in [6, 6.07) is 0.0425. The van der Waals surface area contributed by atoms with Crippen LogP contribution >= 0.6 is 11.3 Å². The molecule has 1 fully saturated rings. The highest BCUT2D eigenvalue weighted by molar-refractivity contribution is 7.07. The molecular formula is C13H20N2O3S. The molecule has 19 heavy (non-hydrogen) atoms. The Balaban J connectivity index is 1.95. The van der Waals surface area contributed by atoms with Gasteiger partial charge in [-0.2, -0.15) is 0 Å². The molecule has 0 aromatic carbocycles. The normalized spacial score (nSPS) is 23.3. The number of rotatable bonds is 4. The minimum absolute atomic E-state index is 0.0425. The molecule has 0 radical (unpaired) electrons. The molecule has 106 valence electrons. The van der Waals surface area contributed by atoms with E-state index in [9.17, 15) is 14.7 Å². The van der Waals surface area contributed by atoms with Crippen molar-refractivity contribution in [2.24, 2.45) is 5.92 Å². The molecule has 1 aromatic rings. The SMILES string of the molecule is Cc1csc(=O)n1CC(=O)NC1CCCCC1CO. The van der Waals surface area contributed by atoms with E-state index in [0.29, 0.717) is 0 Å². The molecule has 2 unspecified atom stereocenters. The number of carbonyl (C=O) groups is 1. The highest BCUT2D eigenvalue weighted by atomic mass is 32.1. The molecule has 1 aromatic heterocycles. The number of amides is 1. The zero-order valence-corrected chi connectivity index (χ0v) is 11.9. The van der Waals surface area contributed by atoms with Crippen molar-refractivity contribution in [2.45, 2.75) is 45.2 Å². The molecule has 1 saturated carbocycles. The molecule has 1 aliphatic rings. The Hall–Kier alpha value is -1.14. The summed E-state index contributed by atoms with van der Waals surface area (Å²) in [6.45, 7) is 2.01. The lowest BCUT2D eigenvalue weighted by Crippen LogP contribution is -2.45. The predicted octanol–water partition coefficient (Wildman–Crippen LogP) is 0.886. The highest BCUT2D eigenvalue weighted by Gasteiger charge is 2.25. The molecule has 1 amide bonds. The summed E-state index contributed by atoms with van der Waals surface area (Å²) in [6.07, 6.45) is 4.06. The number of aryl methyl sites for hydroxylation is 1. The third-order valence-corrected chi connectivity index (χ3v) is 4.65. The summed E-state index contributed by atoms with van der Waals surface area (Å²) in [5.41, 5.74) is 0.813. The molecule has 2 N–H and O–H groups in total. The number of nitrogens with zero attached hydrogens (tertiary/aromatic N) is 1. The van der Waals surface area contributed by atoms with E-state index in [0.717, 1.165) is 42.7 Å². The molecule has 2 atom stereocenters. The van der Waals surface area contributed by atoms with E-state index in [1.807, 2.05) is 6.92 Å². The number of hydrogen-bond acceptors (Lipinski definition) is 4. The van der Waals surface area contributed by atoms with Gasteiger partial charge in [-0.05, 0) is 19.8 Å². The first kappa shape index (κ1) is 14.3. The lowest BCUT2D eigenvalue weighted by molar-refractivity contribution is -0.123. The van der Waals surface area contributed by atoms with E-state index >= 15 is 0 Å². The van der Waals surface area contributed by atoms with Crippen molar-refractivity contribution in [2.75, 3.05) is 6.61 Å². The van der Waals surface area contributed by atoms with E-state index in [4.69, 9.17) is 0 Å². The Bertz CT molecular complexity index is 494. The molecule has 6 heteroatoms. The number of thiazole rings is 1. The summed E-state index contributed by atoms with van der Waals surface area (Å²) < 4.78 is 1.48. The second-order valence-corrected chi connectivity index (χ2v) is 5.95. The average molecular weight is 284 g/mol. The molecular weight excluding hydrogens is 264 g/mol. The predicted molar refractivity (Wildman–Crippen MR) is 74.3 cm³/mol. The fraction of sp³-hybridized carbons (Fsp3) is 0.692. The summed E-state index contributed by atoms with van der Waals surface area (Å²) in [5, 5.41) is 14.0. The van der Waals surface area contributed by atoms with Gasteiger partial charge < -0.3 is 10.4 Å². The molecule has 0 aliphatic heterocycles. The second kappa shape index (κ2) is 6.34. The van der Waals surface area contributed by atoms with E-state index in [-0.39, 0.29) is 35.9 Å². The van der Waals surface area contributed by atoms with Gasteiger partial charge in [-0.3, -0.25) is 14.2 Å². The van der Waals surface area contributed by atoms with Gasteiger partial charge in [0.15, 0.2) is 0 Å². The number of aromatic nitrogens is 1. The van der Waals surface area contributed by atoms with Crippen molar-refractivity contribution in [1.82, 2.24) is 9.88 Å². The van der Waals surface area contributed by atoms with Gasteiger partial charge in [-0.25, -0.2) is 0 Å². The number of aliphatic hydroxyl groups is 1. The van der Waals surface area contributed by atoms with Gasteiger partial charge in [-0.1, -0.05) is 24.2 Å². The van der Waals surface area contributed by atoms with Crippen LogP contribution < -0.4 is 10.2 Å². The molecule has 1 heterocycles. The van der Waals surface area contributed by atoms with E-state index in [2.05, 4.69) is 5.32 Å². The van der Waals surface area contributed by atoms with Crippen LogP contribution in [0.15, 0.2) is 10.2 Å². The van der Waals surface area contributed by atoms with Crippen LogP contribution in [-0.2, 0) is 11.3 Å². The van der Waals surface area contributed by atoms with Crippen LogP contribution in [0.2, 0.25) is 0 Å². The fourth-order valence-corrected chi connectivity index (χ4v) is 3.34. The van der Waals surface area contributed by atoms with Crippen LogP contribution in [0, 0.1) is 12.8 Å². The first-order valence-electron chi connectivity index (χ1n) is 6.67. The smallest absolute Gasteiger partial charge is 0.307 e. The van der Waals surface area contributed by atoms with Gasteiger partial charge in [0.1, 0.15) is 6.54 Å². The first-order valence-corrected chi connectivity index (χ1v) is 7.55. The fourth-order valence-electron chi connectivity index (χ4n) is 2.61. The third kappa shape index (κ3) is 3.45. The van der Waals surface area contributed by atoms with Crippen LogP contribution in [0.3, 0.4) is 0 Å². The Morgan fingerprint density at radius 1 is 1.53 bits per heavy atom. The van der Waals surface area contributed by atoms with Crippen LogP contribution in [0.4, 0.5) is 0 Å². The van der Waals surface area contributed by atoms with Gasteiger partial charge in [0, 0.05) is 29.6 Å². The van der Waals surface area contributed by atoms with Gasteiger partial charge in [0.25, 0.3) is 0 Å². The van der Waals surface area contributed by atoms with Crippen molar-refractivity contribution in [3.05, 3.63) is 20.7 Å². The maximum Gasteiger partial charge on any atom is 0.307 e. The lowest BCUT2D eigenvalue weighted by Gasteiger charge is -2.30. The Morgan fingerprint density at radius 3 is 2.89 bits per heavy atom. The number of carbonyl (C=O) groups excluding carboxylic acids is 1. The Kier molecular flexibility index (Phi) is 4.76. The molecule has 2 rings (SSSR count). The van der Waals surface area contributed by atoms with E-state index in [1.54, 1.807) is 5.38 Å².